The SMILES string of the molecule is Cc1[nH]nc(C(=O)OCC2CCCO2)c1S(N)(=O)=O. The van der Waals surface area contributed by atoms with E-state index in [0.717, 1.165) is 12.8 Å². The third kappa shape index (κ3) is 3.11. The van der Waals surface area contributed by atoms with Crippen molar-refractivity contribution in [1.29, 1.82) is 0 Å². The van der Waals surface area contributed by atoms with Crippen LogP contribution in [-0.2, 0) is 19.5 Å². The van der Waals surface area contributed by atoms with Gasteiger partial charge in [0.05, 0.1) is 11.8 Å². The zero-order chi connectivity index (χ0) is 14.0. The van der Waals surface area contributed by atoms with Crippen LogP contribution in [0.15, 0.2) is 4.90 Å². The number of ether oxygens (including phenoxy) is 2. The number of aryl methyl sites for hydroxylation is 1. The topological polar surface area (TPSA) is 124 Å². The number of H-pyrrole nitrogens is 1. The van der Waals surface area contributed by atoms with Crippen LogP contribution in [0.4, 0.5) is 0 Å². The zero-order valence-corrected chi connectivity index (χ0v) is 11.2. The summed E-state index contributed by atoms with van der Waals surface area (Å²) in [5.74, 6) is -0.830. The fraction of sp³-hybridized carbons (Fsp3) is 0.600. The predicted molar refractivity (Wildman–Crippen MR) is 64.0 cm³/mol. The van der Waals surface area contributed by atoms with Gasteiger partial charge in [0.1, 0.15) is 11.5 Å². The molecule has 1 atom stereocenters. The third-order valence-corrected chi connectivity index (χ3v) is 3.86. The van der Waals surface area contributed by atoms with Crippen molar-refractivity contribution in [3.63, 3.8) is 0 Å². The molecule has 1 unspecified atom stereocenters. The molecule has 1 saturated heterocycles. The van der Waals surface area contributed by atoms with Gasteiger partial charge >= 0.3 is 5.97 Å². The molecule has 2 heterocycles. The number of rotatable bonds is 4. The van der Waals surface area contributed by atoms with Crippen LogP contribution in [0, 0.1) is 6.92 Å². The number of primary sulfonamides is 1. The fourth-order valence-corrected chi connectivity index (χ4v) is 2.79. The Morgan fingerprint density at radius 3 is 2.95 bits per heavy atom. The Morgan fingerprint density at radius 1 is 1.63 bits per heavy atom. The van der Waals surface area contributed by atoms with Crippen molar-refractivity contribution in [3.8, 4) is 0 Å². The lowest BCUT2D eigenvalue weighted by molar-refractivity contribution is 0.0153. The number of sulfonamides is 1. The number of nitrogens with one attached hydrogen (secondary N) is 1. The molecule has 1 aliphatic heterocycles. The predicted octanol–water partition coefficient (Wildman–Crippen LogP) is -0.299. The van der Waals surface area contributed by atoms with Crippen LogP contribution in [0.3, 0.4) is 0 Å². The standard InChI is InChI=1S/C10H15N3O5S/c1-6-9(19(11,15)16)8(13-12-6)10(14)18-5-7-3-2-4-17-7/h7H,2-5H2,1H3,(H,12,13)(H2,11,15,16). The van der Waals surface area contributed by atoms with Crippen molar-refractivity contribution in [2.45, 2.75) is 30.8 Å². The van der Waals surface area contributed by atoms with Crippen LogP contribution in [0.25, 0.3) is 0 Å². The Morgan fingerprint density at radius 2 is 2.37 bits per heavy atom. The lowest BCUT2D eigenvalue weighted by atomic mass is 10.2. The van der Waals surface area contributed by atoms with Gasteiger partial charge in [-0.15, -0.1) is 0 Å². The highest BCUT2D eigenvalue weighted by molar-refractivity contribution is 7.89. The number of carbonyl (C=O) groups is 1. The molecular formula is C10H15N3O5S. The van der Waals surface area contributed by atoms with E-state index in [0.29, 0.717) is 6.61 Å². The first kappa shape index (κ1) is 14.0. The second-order valence-corrected chi connectivity index (χ2v) is 5.80. The summed E-state index contributed by atoms with van der Waals surface area (Å²) in [7, 11) is -4.03. The molecule has 19 heavy (non-hydrogen) atoms. The van der Waals surface area contributed by atoms with Crippen LogP contribution in [-0.4, -0.2) is 43.9 Å². The molecule has 0 aromatic carbocycles. The molecule has 8 nitrogen and oxygen atoms in total. The summed E-state index contributed by atoms with van der Waals surface area (Å²) in [5, 5.41) is 11.1. The van der Waals surface area contributed by atoms with Gasteiger partial charge in [0.25, 0.3) is 0 Å². The molecule has 0 bridgehead atoms. The van der Waals surface area contributed by atoms with Gasteiger partial charge in [0, 0.05) is 6.61 Å². The van der Waals surface area contributed by atoms with E-state index in [2.05, 4.69) is 10.2 Å². The summed E-state index contributed by atoms with van der Waals surface area (Å²) in [5.41, 5.74) is -0.121. The maximum Gasteiger partial charge on any atom is 0.360 e. The molecule has 0 spiro atoms. The Balaban J connectivity index is 2.11. The number of carbonyl (C=O) groups excluding carboxylic acids is 1. The Hall–Kier alpha value is -1.45. The number of hydrogen-bond acceptors (Lipinski definition) is 6. The average Bonchev–Trinajstić information content (AvgIpc) is 2.93. The molecule has 1 aromatic heterocycles. The smallest absolute Gasteiger partial charge is 0.360 e. The first-order valence-corrected chi connectivity index (χ1v) is 7.30. The van der Waals surface area contributed by atoms with Gasteiger partial charge < -0.3 is 9.47 Å². The number of hydrogen-bond donors (Lipinski definition) is 2. The maximum absolute atomic E-state index is 11.8. The summed E-state index contributed by atoms with van der Waals surface area (Å²) in [6, 6.07) is 0. The molecule has 1 fully saturated rings. The van der Waals surface area contributed by atoms with Crippen molar-refractivity contribution in [3.05, 3.63) is 11.4 Å². The number of aromatic amines is 1. The Kier molecular flexibility index (Phi) is 3.88. The van der Waals surface area contributed by atoms with Gasteiger partial charge in [-0.05, 0) is 19.8 Å². The molecular weight excluding hydrogens is 274 g/mol. The summed E-state index contributed by atoms with van der Waals surface area (Å²) in [6.45, 7) is 2.19. The minimum Gasteiger partial charge on any atom is -0.458 e. The Bertz CT molecular complexity index is 574. The summed E-state index contributed by atoms with van der Waals surface area (Å²) >= 11 is 0. The molecule has 0 radical (unpaired) electrons. The van der Waals surface area contributed by atoms with Gasteiger partial charge in [-0.25, -0.2) is 18.4 Å². The molecule has 1 aliphatic rings. The summed E-state index contributed by atoms with van der Waals surface area (Å²) in [6.07, 6.45) is 1.60. The normalized spacial score (nSPS) is 19.6. The fourth-order valence-electron chi connectivity index (χ4n) is 1.92. The molecule has 0 aliphatic carbocycles. The van der Waals surface area contributed by atoms with Gasteiger partial charge in [0.15, 0.2) is 5.69 Å². The highest BCUT2D eigenvalue weighted by Crippen LogP contribution is 2.18. The van der Waals surface area contributed by atoms with E-state index in [4.69, 9.17) is 14.6 Å². The second-order valence-electron chi connectivity index (χ2n) is 4.30. The van der Waals surface area contributed by atoms with Gasteiger partial charge in [-0.2, -0.15) is 5.10 Å². The van der Waals surface area contributed by atoms with E-state index in [-0.39, 0.29) is 29.0 Å². The minimum atomic E-state index is -4.03. The molecule has 0 saturated carbocycles. The number of nitrogens with zero attached hydrogens (tertiary/aromatic N) is 1. The number of esters is 1. The van der Waals surface area contributed by atoms with E-state index in [1.165, 1.54) is 6.92 Å². The van der Waals surface area contributed by atoms with Crippen molar-refractivity contribution < 1.29 is 22.7 Å². The van der Waals surface area contributed by atoms with Gasteiger partial charge in [-0.1, -0.05) is 0 Å². The number of aromatic nitrogens is 2. The van der Waals surface area contributed by atoms with Crippen molar-refractivity contribution in [2.75, 3.05) is 13.2 Å². The van der Waals surface area contributed by atoms with Crippen LogP contribution < -0.4 is 5.14 Å². The van der Waals surface area contributed by atoms with E-state index < -0.39 is 16.0 Å². The van der Waals surface area contributed by atoms with Crippen LogP contribution >= 0.6 is 0 Å². The quantitative estimate of drug-likeness (QED) is 0.733. The monoisotopic (exact) mass is 289 g/mol. The second kappa shape index (κ2) is 5.27. The highest BCUT2D eigenvalue weighted by atomic mass is 32.2. The summed E-state index contributed by atoms with van der Waals surface area (Å²) in [4.78, 5) is 11.5. The highest BCUT2D eigenvalue weighted by Gasteiger charge is 2.27. The van der Waals surface area contributed by atoms with Crippen molar-refractivity contribution in [1.82, 2.24) is 10.2 Å². The van der Waals surface area contributed by atoms with Gasteiger partial charge in [-0.3, -0.25) is 5.10 Å². The van der Waals surface area contributed by atoms with Crippen LogP contribution in [0.1, 0.15) is 29.0 Å². The average molecular weight is 289 g/mol. The summed E-state index contributed by atoms with van der Waals surface area (Å²) < 4.78 is 33.1. The largest absolute Gasteiger partial charge is 0.458 e. The lowest BCUT2D eigenvalue weighted by Crippen LogP contribution is -2.21. The minimum absolute atomic E-state index is 0.0782. The molecule has 0 amide bonds. The van der Waals surface area contributed by atoms with E-state index in [1.807, 2.05) is 0 Å². The zero-order valence-electron chi connectivity index (χ0n) is 10.4. The molecule has 2 rings (SSSR count). The first-order valence-electron chi connectivity index (χ1n) is 5.76. The van der Waals surface area contributed by atoms with Crippen molar-refractivity contribution in [2.24, 2.45) is 5.14 Å². The molecule has 106 valence electrons. The molecule has 9 heteroatoms. The number of nitrogens with two attached hydrogens (primary N) is 1. The first-order chi connectivity index (χ1) is 8.89. The van der Waals surface area contributed by atoms with E-state index in [9.17, 15) is 13.2 Å². The van der Waals surface area contributed by atoms with Gasteiger partial charge in [0.2, 0.25) is 10.0 Å². The maximum atomic E-state index is 11.8. The Labute approximate surface area is 110 Å². The molecule has 1 aromatic rings. The van der Waals surface area contributed by atoms with E-state index >= 15 is 0 Å². The molecule has 3 N–H and O–H groups in total. The van der Waals surface area contributed by atoms with Crippen molar-refractivity contribution >= 4 is 16.0 Å². The van der Waals surface area contributed by atoms with E-state index in [1.54, 1.807) is 0 Å². The lowest BCUT2D eigenvalue weighted by Gasteiger charge is -2.09. The van der Waals surface area contributed by atoms with Crippen LogP contribution in [0.5, 0.6) is 0 Å². The van der Waals surface area contributed by atoms with Crippen LogP contribution in [0.2, 0.25) is 0 Å². The third-order valence-electron chi connectivity index (χ3n) is 2.79.